The van der Waals surface area contributed by atoms with Crippen LogP contribution >= 0.6 is 27.5 Å². The molecule has 0 spiro atoms. The molecule has 0 aliphatic rings. The summed E-state index contributed by atoms with van der Waals surface area (Å²) in [4.78, 5) is 10.4. The topological polar surface area (TPSA) is 52.4 Å². The first-order valence-electron chi connectivity index (χ1n) is 5.37. The first-order chi connectivity index (χ1) is 9.11. The minimum Gasteiger partial charge on any atom is -0.456 e. The van der Waals surface area contributed by atoms with Gasteiger partial charge in [0.25, 0.3) is 5.69 Å². The second kappa shape index (κ2) is 6.04. The van der Waals surface area contributed by atoms with E-state index in [4.69, 9.17) is 16.3 Å². The first-order valence-corrected chi connectivity index (χ1v) is 6.70. The van der Waals surface area contributed by atoms with E-state index in [0.717, 1.165) is 5.56 Å². The van der Waals surface area contributed by atoms with Crippen molar-refractivity contribution < 1.29 is 9.66 Å². The van der Waals surface area contributed by atoms with Crippen LogP contribution in [0, 0.1) is 10.1 Å². The zero-order valence-corrected chi connectivity index (χ0v) is 12.0. The van der Waals surface area contributed by atoms with E-state index in [9.17, 15) is 10.1 Å². The Kier molecular flexibility index (Phi) is 4.39. The molecule has 0 aliphatic heterocycles. The standard InChI is InChI=1S/C13H9BrClNO3/c14-13-11(16(17)18)5-2-6-12(13)19-10-4-1-3-9(7-10)8-15/h1-7H,8H2. The van der Waals surface area contributed by atoms with Crippen LogP contribution in [0.3, 0.4) is 0 Å². The molecule has 0 amide bonds. The number of ether oxygens (including phenoxy) is 1. The Hall–Kier alpha value is -1.59. The van der Waals surface area contributed by atoms with Gasteiger partial charge in [0, 0.05) is 11.9 Å². The van der Waals surface area contributed by atoms with Gasteiger partial charge in [-0.2, -0.15) is 0 Å². The SMILES string of the molecule is O=[N+]([O-])c1cccc(Oc2cccc(CCl)c2)c1Br. The van der Waals surface area contributed by atoms with Crippen molar-refractivity contribution in [3.05, 3.63) is 62.6 Å². The number of hydrogen-bond donors (Lipinski definition) is 0. The molecule has 0 heterocycles. The van der Waals surface area contributed by atoms with E-state index in [0.29, 0.717) is 21.9 Å². The molecule has 0 unspecified atom stereocenters. The molecule has 2 aromatic carbocycles. The highest BCUT2D eigenvalue weighted by Crippen LogP contribution is 2.36. The average molecular weight is 343 g/mol. The van der Waals surface area contributed by atoms with Crippen molar-refractivity contribution in [2.75, 3.05) is 0 Å². The molecule has 0 aromatic heterocycles. The number of rotatable bonds is 4. The van der Waals surface area contributed by atoms with E-state index in [1.54, 1.807) is 24.3 Å². The van der Waals surface area contributed by atoms with Gasteiger partial charge in [0.15, 0.2) is 0 Å². The van der Waals surface area contributed by atoms with E-state index < -0.39 is 4.92 Å². The summed E-state index contributed by atoms with van der Waals surface area (Å²) in [6, 6.07) is 11.9. The van der Waals surface area contributed by atoms with Crippen LogP contribution in [0.1, 0.15) is 5.56 Å². The van der Waals surface area contributed by atoms with Gasteiger partial charge in [-0.05, 0) is 39.7 Å². The molecule has 2 aromatic rings. The van der Waals surface area contributed by atoms with Gasteiger partial charge in [0.2, 0.25) is 0 Å². The maximum atomic E-state index is 10.8. The Morgan fingerprint density at radius 1 is 1.26 bits per heavy atom. The minimum absolute atomic E-state index is 0.0361. The molecule has 2 rings (SSSR count). The largest absolute Gasteiger partial charge is 0.456 e. The van der Waals surface area contributed by atoms with Crippen LogP contribution in [0.15, 0.2) is 46.9 Å². The summed E-state index contributed by atoms with van der Waals surface area (Å²) in [5.41, 5.74) is 0.881. The minimum atomic E-state index is -0.466. The van der Waals surface area contributed by atoms with E-state index in [-0.39, 0.29) is 5.69 Å². The van der Waals surface area contributed by atoms with Crippen LogP contribution in [0.2, 0.25) is 0 Å². The van der Waals surface area contributed by atoms with Crippen molar-refractivity contribution in [3.63, 3.8) is 0 Å². The van der Waals surface area contributed by atoms with E-state index in [1.165, 1.54) is 6.07 Å². The lowest BCUT2D eigenvalue weighted by Crippen LogP contribution is -1.92. The second-order valence-corrected chi connectivity index (χ2v) is 4.79. The summed E-state index contributed by atoms with van der Waals surface area (Å²) >= 11 is 8.93. The lowest BCUT2D eigenvalue weighted by molar-refractivity contribution is -0.385. The highest BCUT2D eigenvalue weighted by Gasteiger charge is 2.16. The molecule has 0 radical (unpaired) electrons. The molecular formula is C13H9BrClNO3. The van der Waals surface area contributed by atoms with Gasteiger partial charge in [-0.1, -0.05) is 18.2 Å². The fraction of sp³-hybridized carbons (Fsp3) is 0.0769. The smallest absolute Gasteiger partial charge is 0.287 e. The zero-order valence-electron chi connectivity index (χ0n) is 9.68. The molecule has 19 heavy (non-hydrogen) atoms. The Balaban J connectivity index is 2.33. The summed E-state index contributed by atoms with van der Waals surface area (Å²) < 4.78 is 5.95. The molecule has 0 fully saturated rings. The molecular weight excluding hydrogens is 334 g/mol. The van der Waals surface area contributed by atoms with Gasteiger partial charge in [-0.15, -0.1) is 11.6 Å². The van der Waals surface area contributed by atoms with E-state index >= 15 is 0 Å². The third-order valence-corrected chi connectivity index (χ3v) is 3.53. The predicted octanol–water partition coefficient (Wildman–Crippen LogP) is 4.89. The summed E-state index contributed by atoms with van der Waals surface area (Å²) in [6.45, 7) is 0. The lowest BCUT2D eigenvalue weighted by Gasteiger charge is -2.08. The summed E-state index contributed by atoms with van der Waals surface area (Å²) in [5, 5.41) is 10.8. The van der Waals surface area contributed by atoms with Gasteiger partial charge in [0.1, 0.15) is 16.0 Å². The lowest BCUT2D eigenvalue weighted by atomic mass is 10.2. The van der Waals surface area contributed by atoms with Gasteiger partial charge in [0.05, 0.1) is 4.92 Å². The molecule has 0 saturated carbocycles. The van der Waals surface area contributed by atoms with Crippen LogP contribution in [-0.4, -0.2) is 4.92 Å². The van der Waals surface area contributed by atoms with Crippen LogP contribution < -0.4 is 4.74 Å². The van der Waals surface area contributed by atoms with Crippen LogP contribution in [0.4, 0.5) is 5.69 Å². The molecule has 98 valence electrons. The average Bonchev–Trinajstić information content (AvgIpc) is 2.41. The molecule has 6 heteroatoms. The number of hydrogen-bond acceptors (Lipinski definition) is 3. The summed E-state index contributed by atoms with van der Waals surface area (Å²) in [6.07, 6.45) is 0. The third-order valence-electron chi connectivity index (χ3n) is 2.42. The fourth-order valence-electron chi connectivity index (χ4n) is 1.54. The second-order valence-electron chi connectivity index (χ2n) is 3.73. The van der Waals surface area contributed by atoms with Crippen molar-refractivity contribution >= 4 is 33.2 Å². The van der Waals surface area contributed by atoms with Gasteiger partial charge in [-0.25, -0.2) is 0 Å². The maximum Gasteiger partial charge on any atom is 0.287 e. The van der Waals surface area contributed by atoms with E-state index in [2.05, 4.69) is 15.9 Å². The Bertz CT molecular complexity index is 619. The van der Waals surface area contributed by atoms with Gasteiger partial charge >= 0.3 is 0 Å². The number of nitro groups is 1. The normalized spacial score (nSPS) is 10.2. The Morgan fingerprint density at radius 2 is 2.00 bits per heavy atom. The van der Waals surface area contributed by atoms with E-state index in [1.807, 2.05) is 12.1 Å². The molecule has 0 N–H and O–H groups in total. The number of nitro benzene ring substituents is 1. The molecule has 0 saturated heterocycles. The number of halogens is 2. The van der Waals surface area contributed by atoms with Crippen LogP contribution in [0.25, 0.3) is 0 Å². The van der Waals surface area contributed by atoms with Gasteiger partial charge < -0.3 is 4.74 Å². The highest BCUT2D eigenvalue weighted by atomic mass is 79.9. The Labute approximate surface area is 123 Å². The van der Waals surface area contributed by atoms with Gasteiger partial charge in [-0.3, -0.25) is 10.1 Å². The monoisotopic (exact) mass is 341 g/mol. The molecule has 0 aliphatic carbocycles. The number of benzene rings is 2. The highest BCUT2D eigenvalue weighted by molar-refractivity contribution is 9.10. The molecule has 0 bridgehead atoms. The van der Waals surface area contributed by atoms with Crippen molar-refractivity contribution in [1.29, 1.82) is 0 Å². The van der Waals surface area contributed by atoms with Crippen molar-refractivity contribution in [2.45, 2.75) is 5.88 Å². The maximum absolute atomic E-state index is 10.8. The van der Waals surface area contributed by atoms with Crippen molar-refractivity contribution in [2.24, 2.45) is 0 Å². The number of nitrogens with zero attached hydrogens (tertiary/aromatic N) is 1. The Morgan fingerprint density at radius 3 is 2.68 bits per heavy atom. The predicted molar refractivity (Wildman–Crippen MR) is 76.9 cm³/mol. The quantitative estimate of drug-likeness (QED) is 0.451. The molecule has 4 nitrogen and oxygen atoms in total. The first kappa shape index (κ1) is 13.8. The number of alkyl halides is 1. The summed E-state index contributed by atoms with van der Waals surface area (Å²) in [7, 11) is 0. The zero-order chi connectivity index (χ0) is 13.8. The van der Waals surface area contributed by atoms with Crippen LogP contribution in [-0.2, 0) is 5.88 Å². The van der Waals surface area contributed by atoms with Crippen LogP contribution in [0.5, 0.6) is 11.5 Å². The third kappa shape index (κ3) is 3.24. The van der Waals surface area contributed by atoms with Crippen molar-refractivity contribution in [3.8, 4) is 11.5 Å². The summed E-state index contributed by atoms with van der Waals surface area (Å²) in [5.74, 6) is 1.35. The fourth-order valence-corrected chi connectivity index (χ4v) is 2.19. The van der Waals surface area contributed by atoms with Crippen molar-refractivity contribution in [1.82, 2.24) is 0 Å². The molecule has 0 atom stereocenters.